The Labute approximate surface area is 121 Å². The van der Waals surface area contributed by atoms with Gasteiger partial charge in [0, 0.05) is 38.6 Å². The van der Waals surface area contributed by atoms with E-state index in [0.717, 1.165) is 5.65 Å². The summed E-state index contributed by atoms with van der Waals surface area (Å²) < 4.78 is 1.81. The molecule has 0 saturated carbocycles. The Morgan fingerprint density at radius 3 is 2.62 bits per heavy atom. The minimum absolute atomic E-state index is 0.0242. The average Bonchev–Trinajstić information content (AvgIpc) is 2.90. The van der Waals surface area contributed by atoms with Crippen LogP contribution in [-0.4, -0.2) is 68.9 Å². The van der Waals surface area contributed by atoms with E-state index >= 15 is 0 Å². The number of carbonyl (C=O) groups excluding carboxylic acids is 1. The number of carboxylic acid groups (broad SMARTS) is 1. The second-order valence-corrected chi connectivity index (χ2v) is 5.05. The highest BCUT2D eigenvalue weighted by Gasteiger charge is 2.24. The van der Waals surface area contributed by atoms with Gasteiger partial charge in [-0.15, -0.1) is 0 Å². The third kappa shape index (κ3) is 2.87. The molecule has 2 aromatic rings. The van der Waals surface area contributed by atoms with Crippen LogP contribution in [0.2, 0.25) is 0 Å². The SMILES string of the molecule is O=C(O)CN1CCN(C(=O)c2cn3ccccc3n2)CC1. The molecule has 3 rings (SSSR count). The summed E-state index contributed by atoms with van der Waals surface area (Å²) in [4.78, 5) is 31.0. The second-order valence-electron chi connectivity index (χ2n) is 5.05. The largest absolute Gasteiger partial charge is 0.480 e. The van der Waals surface area contributed by atoms with E-state index in [1.807, 2.05) is 33.7 Å². The number of pyridine rings is 1. The Kier molecular flexibility index (Phi) is 3.57. The van der Waals surface area contributed by atoms with Crippen LogP contribution in [0.3, 0.4) is 0 Å². The Bertz CT molecular complexity index is 641. The molecule has 1 fully saturated rings. The number of imidazole rings is 1. The van der Waals surface area contributed by atoms with Gasteiger partial charge in [0.2, 0.25) is 0 Å². The van der Waals surface area contributed by atoms with Crippen LogP contribution in [0.25, 0.3) is 5.65 Å². The van der Waals surface area contributed by atoms with Gasteiger partial charge in [-0.2, -0.15) is 0 Å². The Hall–Kier alpha value is -2.41. The Morgan fingerprint density at radius 2 is 1.95 bits per heavy atom. The summed E-state index contributed by atoms with van der Waals surface area (Å²) in [5, 5.41) is 8.76. The smallest absolute Gasteiger partial charge is 0.317 e. The van der Waals surface area contributed by atoms with Gasteiger partial charge in [0.25, 0.3) is 5.91 Å². The molecular formula is C14H16N4O3. The molecule has 2 aromatic heterocycles. The number of hydrogen-bond donors (Lipinski definition) is 1. The number of rotatable bonds is 3. The maximum Gasteiger partial charge on any atom is 0.317 e. The summed E-state index contributed by atoms with van der Waals surface area (Å²) in [5.74, 6) is -0.941. The molecule has 7 nitrogen and oxygen atoms in total. The molecule has 0 aromatic carbocycles. The van der Waals surface area contributed by atoms with Crippen LogP contribution in [0.4, 0.5) is 0 Å². The summed E-state index contributed by atoms with van der Waals surface area (Å²) in [6.45, 7) is 2.23. The van der Waals surface area contributed by atoms with Gasteiger partial charge in [0.1, 0.15) is 11.3 Å². The lowest BCUT2D eigenvalue weighted by molar-refractivity contribution is -0.138. The molecule has 1 N–H and O–H groups in total. The first kappa shape index (κ1) is 13.6. The number of aromatic nitrogens is 2. The van der Waals surface area contributed by atoms with E-state index in [0.29, 0.717) is 31.9 Å². The molecule has 1 aliphatic heterocycles. The van der Waals surface area contributed by atoms with E-state index < -0.39 is 5.97 Å². The number of piperazine rings is 1. The molecule has 1 amide bonds. The van der Waals surface area contributed by atoms with Gasteiger partial charge in [0.15, 0.2) is 0 Å². The van der Waals surface area contributed by atoms with Crippen LogP contribution in [0.1, 0.15) is 10.5 Å². The number of amides is 1. The molecule has 0 radical (unpaired) electrons. The van der Waals surface area contributed by atoms with Crippen molar-refractivity contribution < 1.29 is 14.7 Å². The lowest BCUT2D eigenvalue weighted by Gasteiger charge is -2.33. The maximum absolute atomic E-state index is 12.4. The van der Waals surface area contributed by atoms with Crippen LogP contribution < -0.4 is 0 Å². The summed E-state index contributed by atoms with van der Waals surface area (Å²) in [6, 6.07) is 5.61. The molecule has 110 valence electrons. The molecule has 0 aliphatic carbocycles. The Balaban J connectivity index is 1.67. The average molecular weight is 288 g/mol. The molecule has 0 atom stereocenters. The van der Waals surface area contributed by atoms with Gasteiger partial charge >= 0.3 is 5.97 Å². The Morgan fingerprint density at radius 1 is 1.19 bits per heavy atom. The van der Waals surface area contributed by atoms with Gasteiger partial charge in [0.05, 0.1) is 6.54 Å². The molecule has 21 heavy (non-hydrogen) atoms. The van der Waals surface area contributed by atoms with Crippen molar-refractivity contribution in [1.29, 1.82) is 0 Å². The summed E-state index contributed by atoms with van der Waals surface area (Å²) in [6.07, 6.45) is 3.57. The molecule has 0 spiro atoms. The first-order valence-electron chi connectivity index (χ1n) is 6.80. The number of carbonyl (C=O) groups is 2. The predicted molar refractivity (Wildman–Crippen MR) is 75.2 cm³/mol. The van der Waals surface area contributed by atoms with Crippen molar-refractivity contribution in [3.05, 3.63) is 36.3 Å². The van der Waals surface area contributed by atoms with Gasteiger partial charge in [-0.1, -0.05) is 6.07 Å². The minimum Gasteiger partial charge on any atom is -0.480 e. The quantitative estimate of drug-likeness (QED) is 0.871. The summed E-state index contributed by atoms with van der Waals surface area (Å²) in [7, 11) is 0. The fourth-order valence-electron chi connectivity index (χ4n) is 2.50. The van der Waals surface area contributed by atoms with Crippen molar-refractivity contribution in [2.24, 2.45) is 0 Å². The van der Waals surface area contributed by atoms with Crippen molar-refractivity contribution >= 4 is 17.5 Å². The second kappa shape index (κ2) is 5.53. The first-order valence-corrected chi connectivity index (χ1v) is 6.80. The van der Waals surface area contributed by atoms with Gasteiger partial charge in [-0.05, 0) is 12.1 Å². The molecule has 0 bridgehead atoms. The number of fused-ring (bicyclic) bond motifs is 1. The van der Waals surface area contributed by atoms with Gasteiger partial charge < -0.3 is 14.4 Å². The topological polar surface area (TPSA) is 78.2 Å². The molecular weight excluding hydrogens is 272 g/mol. The van der Waals surface area contributed by atoms with E-state index in [9.17, 15) is 9.59 Å². The normalized spacial score (nSPS) is 16.3. The first-order chi connectivity index (χ1) is 10.1. The highest BCUT2D eigenvalue weighted by Crippen LogP contribution is 2.10. The van der Waals surface area contributed by atoms with Crippen molar-refractivity contribution in [3.8, 4) is 0 Å². The molecule has 7 heteroatoms. The third-order valence-corrected chi connectivity index (χ3v) is 3.60. The van der Waals surface area contributed by atoms with Crippen molar-refractivity contribution in [1.82, 2.24) is 19.2 Å². The predicted octanol–water partition coefficient (Wildman–Crippen LogP) is 0.177. The molecule has 1 saturated heterocycles. The van der Waals surface area contributed by atoms with Crippen LogP contribution in [-0.2, 0) is 4.79 Å². The summed E-state index contributed by atoms with van der Waals surface area (Å²) in [5.41, 5.74) is 1.17. The monoisotopic (exact) mass is 288 g/mol. The van der Waals surface area contributed by atoms with Gasteiger partial charge in [-0.25, -0.2) is 4.98 Å². The zero-order chi connectivity index (χ0) is 14.8. The highest BCUT2D eigenvalue weighted by atomic mass is 16.4. The fourth-order valence-corrected chi connectivity index (χ4v) is 2.50. The standard InChI is InChI=1S/C14H16N4O3/c19-13(20)10-16-5-7-17(8-6-16)14(21)11-9-18-4-2-1-3-12(18)15-11/h1-4,9H,5-8,10H2,(H,19,20). The molecule has 0 unspecified atom stereocenters. The minimum atomic E-state index is -0.838. The number of carboxylic acids is 1. The van der Waals surface area contributed by atoms with Crippen LogP contribution in [0.5, 0.6) is 0 Å². The lowest BCUT2D eigenvalue weighted by atomic mass is 10.3. The van der Waals surface area contributed by atoms with Crippen LogP contribution >= 0.6 is 0 Å². The van der Waals surface area contributed by atoms with E-state index in [1.54, 1.807) is 11.1 Å². The van der Waals surface area contributed by atoms with Crippen molar-refractivity contribution in [2.75, 3.05) is 32.7 Å². The number of nitrogens with zero attached hydrogens (tertiary/aromatic N) is 4. The van der Waals surface area contributed by atoms with E-state index in [1.165, 1.54) is 0 Å². The molecule has 1 aliphatic rings. The fraction of sp³-hybridized carbons (Fsp3) is 0.357. The van der Waals surface area contributed by atoms with E-state index in [4.69, 9.17) is 5.11 Å². The van der Waals surface area contributed by atoms with E-state index in [-0.39, 0.29) is 12.5 Å². The lowest BCUT2D eigenvalue weighted by Crippen LogP contribution is -2.50. The van der Waals surface area contributed by atoms with Crippen molar-refractivity contribution in [3.63, 3.8) is 0 Å². The highest BCUT2D eigenvalue weighted by molar-refractivity contribution is 5.93. The zero-order valence-corrected chi connectivity index (χ0v) is 11.5. The number of aliphatic carboxylic acids is 1. The van der Waals surface area contributed by atoms with Crippen LogP contribution in [0.15, 0.2) is 30.6 Å². The van der Waals surface area contributed by atoms with Crippen LogP contribution in [0, 0.1) is 0 Å². The van der Waals surface area contributed by atoms with Gasteiger partial charge in [-0.3, -0.25) is 14.5 Å². The van der Waals surface area contributed by atoms with Crippen molar-refractivity contribution in [2.45, 2.75) is 0 Å². The number of hydrogen-bond acceptors (Lipinski definition) is 4. The maximum atomic E-state index is 12.4. The summed E-state index contributed by atoms with van der Waals surface area (Å²) >= 11 is 0. The third-order valence-electron chi connectivity index (χ3n) is 3.60. The molecule has 3 heterocycles. The zero-order valence-electron chi connectivity index (χ0n) is 11.5. The van der Waals surface area contributed by atoms with E-state index in [2.05, 4.69) is 4.98 Å².